The van der Waals surface area contributed by atoms with E-state index in [1.54, 1.807) is 29.0 Å². The molecule has 4 rings (SSSR count). The number of hydrogen-bond donors (Lipinski definition) is 1. The summed E-state index contributed by atoms with van der Waals surface area (Å²) in [5.41, 5.74) is 3.06. The van der Waals surface area contributed by atoms with Crippen LogP contribution in [0.3, 0.4) is 0 Å². The van der Waals surface area contributed by atoms with Gasteiger partial charge in [0.25, 0.3) is 11.5 Å². The zero-order valence-corrected chi connectivity index (χ0v) is 19.9. The molecule has 0 radical (unpaired) electrons. The maximum Gasteiger partial charge on any atom is 0.414 e. The first-order chi connectivity index (χ1) is 15.9. The number of nitrogens with one attached hydrogen (secondary N) is 1. The number of thiophene rings is 1. The molecule has 7 nitrogen and oxygen atoms in total. The van der Waals surface area contributed by atoms with Gasteiger partial charge in [-0.2, -0.15) is 0 Å². The van der Waals surface area contributed by atoms with Crippen LogP contribution in [0, 0.1) is 6.92 Å². The molecule has 0 aliphatic carbocycles. The fraction of sp³-hybridized carbons (Fsp3) is 0.292. The number of pyridine rings is 1. The Hall–Kier alpha value is -3.10. The maximum atomic E-state index is 12.8. The lowest BCUT2D eigenvalue weighted by atomic mass is 10.1. The van der Waals surface area contributed by atoms with Gasteiger partial charge in [-0.3, -0.25) is 19.1 Å². The number of carbonyl (C=O) groups excluding carboxylic acids is 2. The number of hydrogen-bond acceptors (Lipinski definition) is 5. The van der Waals surface area contributed by atoms with E-state index in [0.29, 0.717) is 21.4 Å². The summed E-state index contributed by atoms with van der Waals surface area (Å²) in [6.07, 6.45) is 2.45. The van der Waals surface area contributed by atoms with E-state index in [1.807, 2.05) is 38.1 Å². The van der Waals surface area contributed by atoms with Gasteiger partial charge in [-0.25, -0.2) is 4.79 Å². The zero-order chi connectivity index (χ0) is 23.5. The minimum absolute atomic E-state index is 0.0291. The van der Waals surface area contributed by atoms with E-state index in [1.165, 1.54) is 16.2 Å². The number of anilines is 1. The standard InChI is InChI=1S/C24H24ClN3O4S/c1-3-5-16-6-4-11-27(23(16)30)19-8-7-17(12-15(19)2)28-14-18(32-24(28)31)13-26-22(29)20-9-10-21(25)33-20/h4,6-12,18H,3,5,13-14H2,1-2H3,(H,26,29). The van der Waals surface area contributed by atoms with Crippen molar-refractivity contribution in [2.75, 3.05) is 18.0 Å². The highest BCUT2D eigenvalue weighted by molar-refractivity contribution is 7.18. The Morgan fingerprint density at radius 3 is 2.76 bits per heavy atom. The van der Waals surface area contributed by atoms with Crippen LogP contribution in [-0.2, 0) is 11.2 Å². The van der Waals surface area contributed by atoms with Gasteiger partial charge in [0.2, 0.25) is 0 Å². The summed E-state index contributed by atoms with van der Waals surface area (Å²) in [4.78, 5) is 39.5. The number of nitrogens with zero attached hydrogens (tertiary/aromatic N) is 2. The van der Waals surface area contributed by atoms with Gasteiger partial charge >= 0.3 is 6.09 Å². The van der Waals surface area contributed by atoms with E-state index in [-0.39, 0.29) is 18.0 Å². The van der Waals surface area contributed by atoms with Crippen molar-refractivity contribution in [3.63, 3.8) is 0 Å². The first kappa shape index (κ1) is 23.1. The molecule has 1 aliphatic heterocycles. The minimum Gasteiger partial charge on any atom is -0.442 e. The van der Waals surface area contributed by atoms with Crippen LogP contribution in [0.4, 0.5) is 10.5 Å². The van der Waals surface area contributed by atoms with Crippen LogP contribution < -0.4 is 15.8 Å². The molecular formula is C24H24ClN3O4S. The third-order valence-electron chi connectivity index (χ3n) is 5.46. The summed E-state index contributed by atoms with van der Waals surface area (Å²) in [6, 6.07) is 12.6. The summed E-state index contributed by atoms with van der Waals surface area (Å²) in [5, 5.41) is 2.78. The number of halogens is 1. The molecule has 1 unspecified atom stereocenters. The summed E-state index contributed by atoms with van der Waals surface area (Å²) < 4.78 is 7.61. The fourth-order valence-electron chi connectivity index (χ4n) is 3.83. The highest BCUT2D eigenvalue weighted by atomic mass is 35.5. The monoisotopic (exact) mass is 485 g/mol. The second kappa shape index (κ2) is 9.80. The van der Waals surface area contributed by atoms with E-state index in [4.69, 9.17) is 16.3 Å². The Labute approximate surface area is 200 Å². The minimum atomic E-state index is -0.470. The van der Waals surface area contributed by atoms with Crippen LogP contribution in [0.2, 0.25) is 4.34 Å². The van der Waals surface area contributed by atoms with Crippen molar-refractivity contribution in [2.24, 2.45) is 0 Å². The Balaban J connectivity index is 1.46. The van der Waals surface area contributed by atoms with Crippen LogP contribution in [0.5, 0.6) is 0 Å². The van der Waals surface area contributed by atoms with Crippen LogP contribution >= 0.6 is 22.9 Å². The topological polar surface area (TPSA) is 80.6 Å². The normalized spacial score (nSPS) is 15.5. The lowest BCUT2D eigenvalue weighted by Gasteiger charge is -2.17. The third-order valence-corrected chi connectivity index (χ3v) is 6.69. The van der Waals surface area contributed by atoms with E-state index in [2.05, 4.69) is 5.32 Å². The van der Waals surface area contributed by atoms with Crippen LogP contribution in [0.15, 0.2) is 53.5 Å². The smallest absolute Gasteiger partial charge is 0.414 e. The number of ether oxygens (including phenoxy) is 1. The molecule has 2 aromatic heterocycles. The molecule has 1 fully saturated rings. The molecule has 1 aliphatic rings. The van der Waals surface area contributed by atoms with E-state index < -0.39 is 12.2 Å². The predicted octanol–water partition coefficient (Wildman–Crippen LogP) is 4.57. The average Bonchev–Trinajstić information content (AvgIpc) is 3.39. The number of aryl methyl sites for hydroxylation is 2. The number of carbonyl (C=O) groups is 2. The molecule has 1 atom stereocenters. The number of benzene rings is 1. The summed E-state index contributed by atoms with van der Waals surface area (Å²) in [5.74, 6) is -0.252. The summed E-state index contributed by atoms with van der Waals surface area (Å²) in [7, 11) is 0. The van der Waals surface area contributed by atoms with Crippen molar-refractivity contribution >= 4 is 40.6 Å². The molecule has 3 aromatic rings. The largest absolute Gasteiger partial charge is 0.442 e. The van der Waals surface area contributed by atoms with E-state index in [0.717, 1.165) is 29.7 Å². The molecule has 9 heteroatoms. The van der Waals surface area contributed by atoms with Crippen molar-refractivity contribution in [3.8, 4) is 5.69 Å². The summed E-state index contributed by atoms with van der Waals surface area (Å²) in [6.45, 7) is 4.47. The van der Waals surface area contributed by atoms with Crippen molar-refractivity contribution in [3.05, 3.63) is 79.4 Å². The number of aromatic nitrogens is 1. The highest BCUT2D eigenvalue weighted by Gasteiger charge is 2.33. The molecule has 0 bridgehead atoms. The first-order valence-corrected chi connectivity index (χ1v) is 11.9. The van der Waals surface area contributed by atoms with Gasteiger partial charge in [0, 0.05) is 17.4 Å². The molecule has 0 spiro atoms. The Kier molecular flexibility index (Phi) is 6.85. The van der Waals surface area contributed by atoms with Crippen molar-refractivity contribution in [1.82, 2.24) is 9.88 Å². The van der Waals surface area contributed by atoms with Crippen molar-refractivity contribution in [2.45, 2.75) is 32.8 Å². The van der Waals surface area contributed by atoms with Crippen LogP contribution in [-0.4, -0.2) is 35.8 Å². The molecule has 2 amide bonds. The Bertz CT molecular complexity index is 1250. The van der Waals surface area contributed by atoms with Gasteiger partial charge in [-0.15, -0.1) is 11.3 Å². The predicted molar refractivity (Wildman–Crippen MR) is 130 cm³/mol. The number of amides is 2. The van der Waals surface area contributed by atoms with E-state index in [9.17, 15) is 14.4 Å². The lowest BCUT2D eigenvalue weighted by molar-refractivity contribution is 0.0920. The second-order valence-corrected chi connectivity index (χ2v) is 9.57. The highest BCUT2D eigenvalue weighted by Crippen LogP contribution is 2.26. The lowest BCUT2D eigenvalue weighted by Crippen LogP contribution is -2.34. The van der Waals surface area contributed by atoms with Crippen molar-refractivity contribution < 1.29 is 14.3 Å². The molecule has 1 saturated heterocycles. The molecule has 3 heterocycles. The number of cyclic esters (lactones) is 1. The van der Waals surface area contributed by atoms with Gasteiger partial charge < -0.3 is 10.1 Å². The fourth-order valence-corrected chi connectivity index (χ4v) is 4.79. The molecule has 172 valence electrons. The number of rotatable bonds is 7. The van der Waals surface area contributed by atoms with Crippen LogP contribution in [0.25, 0.3) is 5.69 Å². The first-order valence-electron chi connectivity index (χ1n) is 10.7. The zero-order valence-electron chi connectivity index (χ0n) is 18.3. The second-order valence-electron chi connectivity index (χ2n) is 7.86. The molecule has 33 heavy (non-hydrogen) atoms. The van der Waals surface area contributed by atoms with Gasteiger partial charge in [-0.05, 0) is 55.3 Å². The Morgan fingerprint density at radius 2 is 2.06 bits per heavy atom. The van der Waals surface area contributed by atoms with Crippen molar-refractivity contribution in [1.29, 1.82) is 0 Å². The average molecular weight is 486 g/mol. The van der Waals surface area contributed by atoms with Gasteiger partial charge in [0.05, 0.1) is 28.0 Å². The quantitative estimate of drug-likeness (QED) is 0.531. The van der Waals surface area contributed by atoms with Gasteiger partial charge in [0.15, 0.2) is 0 Å². The van der Waals surface area contributed by atoms with Gasteiger partial charge in [0.1, 0.15) is 6.10 Å². The third kappa shape index (κ3) is 4.96. The molecule has 1 N–H and O–H groups in total. The molecule has 0 saturated carbocycles. The maximum absolute atomic E-state index is 12.8. The Morgan fingerprint density at radius 1 is 1.24 bits per heavy atom. The summed E-state index contributed by atoms with van der Waals surface area (Å²) >= 11 is 7.07. The molecule has 1 aromatic carbocycles. The van der Waals surface area contributed by atoms with Gasteiger partial charge in [-0.1, -0.05) is 31.0 Å². The molecular weight excluding hydrogens is 462 g/mol. The van der Waals surface area contributed by atoms with Crippen LogP contribution in [0.1, 0.15) is 34.1 Å². The SMILES string of the molecule is CCCc1cccn(-c2ccc(N3CC(CNC(=O)c4ccc(Cl)s4)OC3=O)cc2C)c1=O. The van der Waals surface area contributed by atoms with E-state index >= 15 is 0 Å².